The van der Waals surface area contributed by atoms with Crippen molar-refractivity contribution < 1.29 is 9.53 Å². The van der Waals surface area contributed by atoms with E-state index in [1.807, 2.05) is 6.92 Å². The number of carbonyl (C=O) groups is 1. The number of nitrogens with zero attached hydrogens (tertiary/aromatic N) is 3. The van der Waals surface area contributed by atoms with Crippen LogP contribution in [-0.4, -0.2) is 40.0 Å². The summed E-state index contributed by atoms with van der Waals surface area (Å²) in [4.78, 5) is 15.5. The first-order chi connectivity index (χ1) is 10.2. The zero-order valence-corrected chi connectivity index (χ0v) is 13.2. The average molecular weight is 324 g/mol. The van der Waals surface area contributed by atoms with Crippen LogP contribution in [-0.2, 0) is 4.79 Å². The summed E-state index contributed by atoms with van der Waals surface area (Å²) >= 11 is 3.24. The predicted molar refractivity (Wildman–Crippen MR) is 82.7 cm³/mol. The van der Waals surface area contributed by atoms with Crippen molar-refractivity contribution in [2.45, 2.75) is 17.7 Å². The molecule has 112 valence electrons. The van der Waals surface area contributed by atoms with Crippen LogP contribution in [0.5, 0.6) is 5.75 Å². The largest absolute Gasteiger partial charge is 0.482 e. The molecule has 2 aromatic heterocycles. The van der Waals surface area contributed by atoms with Crippen LogP contribution in [0.1, 0.15) is 11.4 Å². The van der Waals surface area contributed by atoms with Gasteiger partial charge in [-0.05, 0) is 25.5 Å². The van der Waals surface area contributed by atoms with E-state index in [2.05, 4.69) is 20.5 Å². The van der Waals surface area contributed by atoms with E-state index in [0.717, 1.165) is 21.5 Å². The quantitative estimate of drug-likeness (QED) is 0.590. The molecule has 0 spiro atoms. The van der Waals surface area contributed by atoms with E-state index in [9.17, 15) is 4.79 Å². The van der Waals surface area contributed by atoms with Gasteiger partial charge in [-0.3, -0.25) is 9.78 Å². The number of hydrogen-bond donors (Lipinski definition) is 1. The van der Waals surface area contributed by atoms with Crippen molar-refractivity contribution >= 4 is 29.0 Å². The summed E-state index contributed by atoms with van der Waals surface area (Å²) in [6.45, 7) is 2.57. The Morgan fingerprint density at radius 3 is 3.10 bits per heavy atom. The van der Waals surface area contributed by atoms with E-state index in [1.54, 1.807) is 47.6 Å². The number of carbonyl (C=O) groups excluding carboxylic acids is 1. The van der Waals surface area contributed by atoms with Crippen molar-refractivity contribution in [3.63, 3.8) is 0 Å². The summed E-state index contributed by atoms with van der Waals surface area (Å²) in [5.41, 5.74) is 0. The van der Waals surface area contributed by atoms with Gasteiger partial charge < -0.3 is 10.1 Å². The van der Waals surface area contributed by atoms with Crippen LogP contribution >= 0.6 is 23.1 Å². The maximum Gasteiger partial charge on any atom is 0.257 e. The second kappa shape index (κ2) is 8.58. The molecule has 1 N–H and O–H groups in total. The standard InChI is InChI=1S/C13H16N4O2S2/c1-10-16-17-13(21-10)20-7-3-6-15-12(18)9-19-11-4-2-5-14-8-11/h2,4-5,8H,3,6-7,9H2,1H3,(H,15,18). The first-order valence-electron chi connectivity index (χ1n) is 6.46. The molecule has 0 aliphatic heterocycles. The molecule has 0 fully saturated rings. The number of nitrogens with one attached hydrogen (secondary N) is 1. The molecular weight excluding hydrogens is 308 g/mol. The monoisotopic (exact) mass is 324 g/mol. The third kappa shape index (κ3) is 6.09. The molecule has 0 atom stereocenters. The second-order valence-corrected chi connectivity index (χ2v) is 6.64. The summed E-state index contributed by atoms with van der Waals surface area (Å²) in [7, 11) is 0. The lowest BCUT2D eigenvalue weighted by atomic mass is 10.4. The summed E-state index contributed by atoms with van der Waals surface area (Å²) in [6, 6.07) is 3.53. The van der Waals surface area contributed by atoms with Crippen LogP contribution in [0.25, 0.3) is 0 Å². The van der Waals surface area contributed by atoms with Gasteiger partial charge in [-0.2, -0.15) is 0 Å². The topological polar surface area (TPSA) is 77.0 Å². The molecule has 8 heteroatoms. The first kappa shape index (κ1) is 15.7. The number of ether oxygens (including phenoxy) is 1. The summed E-state index contributed by atoms with van der Waals surface area (Å²) in [5, 5.41) is 11.8. The molecule has 0 radical (unpaired) electrons. The van der Waals surface area contributed by atoms with E-state index >= 15 is 0 Å². The maximum atomic E-state index is 11.6. The molecule has 0 aromatic carbocycles. The van der Waals surface area contributed by atoms with Gasteiger partial charge in [0.15, 0.2) is 10.9 Å². The Hall–Kier alpha value is -1.67. The lowest BCUT2D eigenvalue weighted by molar-refractivity contribution is -0.123. The highest BCUT2D eigenvalue weighted by Crippen LogP contribution is 2.21. The van der Waals surface area contributed by atoms with Crippen molar-refractivity contribution in [2.75, 3.05) is 18.9 Å². The Kier molecular flexibility index (Phi) is 6.42. The number of pyridine rings is 1. The van der Waals surface area contributed by atoms with E-state index in [1.165, 1.54) is 0 Å². The molecule has 1 amide bonds. The van der Waals surface area contributed by atoms with Gasteiger partial charge in [0, 0.05) is 18.5 Å². The number of aromatic nitrogens is 3. The average Bonchev–Trinajstić information content (AvgIpc) is 2.91. The lowest BCUT2D eigenvalue weighted by Crippen LogP contribution is -2.29. The van der Waals surface area contributed by atoms with Crippen molar-refractivity contribution in [1.29, 1.82) is 0 Å². The molecule has 6 nitrogen and oxygen atoms in total. The minimum atomic E-state index is -0.129. The van der Waals surface area contributed by atoms with Gasteiger partial charge in [-0.1, -0.05) is 23.1 Å². The highest BCUT2D eigenvalue weighted by atomic mass is 32.2. The molecule has 0 aliphatic rings. The van der Waals surface area contributed by atoms with Crippen LogP contribution in [0.2, 0.25) is 0 Å². The minimum Gasteiger partial charge on any atom is -0.482 e. The maximum absolute atomic E-state index is 11.6. The molecule has 0 bridgehead atoms. The van der Waals surface area contributed by atoms with E-state index in [4.69, 9.17) is 4.74 Å². The normalized spacial score (nSPS) is 10.3. The third-order valence-electron chi connectivity index (χ3n) is 2.38. The Labute approximate surface area is 131 Å². The van der Waals surface area contributed by atoms with Crippen LogP contribution in [0.3, 0.4) is 0 Å². The van der Waals surface area contributed by atoms with Gasteiger partial charge in [-0.15, -0.1) is 10.2 Å². The predicted octanol–water partition coefficient (Wildman–Crippen LogP) is 1.92. The Morgan fingerprint density at radius 2 is 2.38 bits per heavy atom. The number of amides is 1. The van der Waals surface area contributed by atoms with Gasteiger partial charge in [0.05, 0.1) is 6.20 Å². The molecule has 2 heterocycles. The summed E-state index contributed by atoms with van der Waals surface area (Å²) in [6.07, 6.45) is 4.11. The fraction of sp³-hybridized carbons (Fsp3) is 0.385. The number of thioether (sulfide) groups is 1. The van der Waals surface area contributed by atoms with Crippen molar-refractivity contribution in [2.24, 2.45) is 0 Å². The molecule has 2 aromatic rings. The van der Waals surface area contributed by atoms with Crippen molar-refractivity contribution in [1.82, 2.24) is 20.5 Å². The van der Waals surface area contributed by atoms with E-state index in [-0.39, 0.29) is 12.5 Å². The van der Waals surface area contributed by atoms with Gasteiger partial charge in [0.2, 0.25) is 0 Å². The number of hydrogen-bond acceptors (Lipinski definition) is 7. The van der Waals surface area contributed by atoms with Crippen LogP contribution in [0, 0.1) is 6.92 Å². The summed E-state index contributed by atoms with van der Waals surface area (Å²) in [5.74, 6) is 1.36. The smallest absolute Gasteiger partial charge is 0.257 e. The number of aryl methyl sites for hydroxylation is 1. The fourth-order valence-corrected chi connectivity index (χ4v) is 3.25. The molecule has 0 aliphatic carbocycles. The van der Waals surface area contributed by atoms with Gasteiger partial charge in [-0.25, -0.2) is 0 Å². The van der Waals surface area contributed by atoms with Crippen LogP contribution in [0.15, 0.2) is 28.9 Å². The SMILES string of the molecule is Cc1nnc(SCCCNC(=O)COc2cccnc2)s1. The fourth-order valence-electron chi connectivity index (χ4n) is 1.43. The molecule has 0 saturated heterocycles. The Bertz CT molecular complexity index is 562. The van der Waals surface area contributed by atoms with Gasteiger partial charge >= 0.3 is 0 Å². The molecule has 21 heavy (non-hydrogen) atoms. The highest BCUT2D eigenvalue weighted by Gasteiger charge is 2.03. The zero-order valence-electron chi connectivity index (χ0n) is 11.6. The van der Waals surface area contributed by atoms with E-state index < -0.39 is 0 Å². The second-order valence-electron chi connectivity index (χ2n) is 4.12. The lowest BCUT2D eigenvalue weighted by Gasteiger charge is -2.06. The van der Waals surface area contributed by atoms with Gasteiger partial charge in [0.25, 0.3) is 5.91 Å². The van der Waals surface area contributed by atoms with Crippen molar-refractivity contribution in [3.05, 3.63) is 29.5 Å². The van der Waals surface area contributed by atoms with Crippen LogP contribution < -0.4 is 10.1 Å². The minimum absolute atomic E-state index is 0.00836. The van der Waals surface area contributed by atoms with Crippen molar-refractivity contribution in [3.8, 4) is 5.75 Å². The van der Waals surface area contributed by atoms with Crippen LogP contribution in [0.4, 0.5) is 0 Å². The number of rotatable bonds is 8. The van der Waals surface area contributed by atoms with Gasteiger partial charge in [0.1, 0.15) is 10.8 Å². The Balaban J connectivity index is 1.53. The molecule has 0 unspecified atom stereocenters. The third-order valence-corrected chi connectivity index (χ3v) is 4.44. The summed E-state index contributed by atoms with van der Waals surface area (Å²) < 4.78 is 6.27. The first-order valence-corrected chi connectivity index (χ1v) is 8.26. The Morgan fingerprint density at radius 1 is 1.48 bits per heavy atom. The molecule has 0 saturated carbocycles. The molecular formula is C13H16N4O2S2. The highest BCUT2D eigenvalue weighted by molar-refractivity contribution is 8.01. The van der Waals surface area contributed by atoms with E-state index in [0.29, 0.717) is 12.3 Å². The molecule has 2 rings (SSSR count). The zero-order chi connectivity index (χ0) is 14.9.